The molecule has 10 nitrogen and oxygen atoms in total. The number of carbonyl (C=O) groups excluding carboxylic acids is 4. The maximum Gasteiger partial charge on any atom is 0.364 e. The summed E-state index contributed by atoms with van der Waals surface area (Å²) in [7, 11) is 1.13. The minimum atomic E-state index is -1.13. The van der Waals surface area contributed by atoms with E-state index < -0.39 is 29.2 Å². The van der Waals surface area contributed by atoms with E-state index in [0.29, 0.717) is 16.3 Å². The Balaban J connectivity index is 3.15. The molecule has 0 bridgehead atoms. The third-order valence-corrected chi connectivity index (χ3v) is 3.67. The van der Waals surface area contributed by atoms with Gasteiger partial charge in [0.2, 0.25) is 5.91 Å². The summed E-state index contributed by atoms with van der Waals surface area (Å²) in [5, 5.41) is 5.46. The number of hydrogen-bond donors (Lipinski definition) is 3. The van der Waals surface area contributed by atoms with Crippen molar-refractivity contribution in [3.63, 3.8) is 0 Å². The van der Waals surface area contributed by atoms with Crippen LogP contribution in [0.25, 0.3) is 0 Å². The molecular formula is C18H26N4O6. The summed E-state index contributed by atoms with van der Waals surface area (Å²) < 4.78 is 0. The molecule has 28 heavy (non-hydrogen) atoms. The van der Waals surface area contributed by atoms with Crippen molar-refractivity contribution in [1.29, 1.82) is 0 Å². The fraction of sp³-hybridized carbons (Fsp3) is 0.444. The fourth-order valence-corrected chi connectivity index (χ4v) is 2.34. The number of carbonyl (C=O) groups is 4. The van der Waals surface area contributed by atoms with Crippen LogP contribution in [0.15, 0.2) is 18.2 Å². The van der Waals surface area contributed by atoms with Crippen molar-refractivity contribution in [3.05, 3.63) is 23.8 Å². The smallest absolute Gasteiger partial charge is 0.334 e. The number of rotatable bonds is 5. The van der Waals surface area contributed by atoms with Crippen molar-refractivity contribution in [2.75, 3.05) is 17.4 Å². The first-order chi connectivity index (χ1) is 12.9. The molecule has 1 atom stereocenters. The van der Waals surface area contributed by atoms with Crippen LogP contribution < -0.4 is 21.5 Å². The SMILES string of the molecule is COOC(=O)[C@H](C)NC(=O)C(=O)N(N)c1cc(NC(C)=O)ccc1C(C)(C)C. The van der Waals surface area contributed by atoms with Gasteiger partial charge in [0.05, 0.1) is 12.8 Å². The van der Waals surface area contributed by atoms with Gasteiger partial charge in [-0.25, -0.2) is 15.6 Å². The van der Waals surface area contributed by atoms with Gasteiger partial charge >= 0.3 is 17.8 Å². The summed E-state index contributed by atoms with van der Waals surface area (Å²) in [6.07, 6.45) is 0. The number of amides is 3. The van der Waals surface area contributed by atoms with E-state index in [-0.39, 0.29) is 11.6 Å². The van der Waals surface area contributed by atoms with E-state index in [4.69, 9.17) is 5.84 Å². The lowest BCUT2D eigenvalue weighted by Crippen LogP contribution is -2.51. The number of nitrogens with zero attached hydrogens (tertiary/aromatic N) is 1. The molecule has 0 saturated carbocycles. The Morgan fingerprint density at radius 1 is 1.18 bits per heavy atom. The maximum atomic E-state index is 12.5. The van der Waals surface area contributed by atoms with Crippen LogP contribution in [0.1, 0.15) is 40.2 Å². The van der Waals surface area contributed by atoms with E-state index in [1.165, 1.54) is 19.9 Å². The van der Waals surface area contributed by atoms with Crippen LogP contribution in [-0.4, -0.2) is 36.8 Å². The molecule has 1 aromatic rings. The molecule has 0 aromatic heterocycles. The third-order valence-electron chi connectivity index (χ3n) is 3.67. The maximum absolute atomic E-state index is 12.5. The first-order valence-corrected chi connectivity index (χ1v) is 8.44. The zero-order chi connectivity index (χ0) is 21.6. The molecule has 0 aliphatic carbocycles. The summed E-state index contributed by atoms with van der Waals surface area (Å²) >= 11 is 0. The van der Waals surface area contributed by atoms with Crippen molar-refractivity contribution < 1.29 is 29.0 Å². The lowest BCUT2D eigenvalue weighted by molar-refractivity contribution is -0.256. The first-order valence-electron chi connectivity index (χ1n) is 8.44. The van der Waals surface area contributed by atoms with Crippen LogP contribution in [0, 0.1) is 0 Å². The molecule has 0 saturated heterocycles. The molecule has 10 heteroatoms. The lowest BCUT2D eigenvalue weighted by atomic mass is 9.85. The molecule has 0 unspecified atom stereocenters. The minimum absolute atomic E-state index is 0.242. The average molecular weight is 394 g/mol. The Labute approximate surface area is 163 Å². The minimum Gasteiger partial charge on any atom is -0.334 e. The van der Waals surface area contributed by atoms with Gasteiger partial charge in [0.25, 0.3) is 0 Å². The van der Waals surface area contributed by atoms with Gasteiger partial charge in [-0.15, -0.1) is 0 Å². The zero-order valence-electron chi connectivity index (χ0n) is 16.8. The van der Waals surface area contributed by atoms with E-state index in [0.717, 1.165) is 7.11 Å². The van der Waals surface area contributed by atoms with Gasteiger partial charge in [0.15, 0.2) is 0 Å². The normalized spacial score (nSPS) is 12.0. The quantitative estimate of drug-likeness (QED) is 0.220. The molecular weight excluding hydrogens is 368 g/mol. The predicted octanol–water partition coefficient (Wildman–Crippen LogP) is 0.759. The van der Waals surface area contributed by atoms with E-state index in [1.54, 1.807) is 12.1 Å². The number of nitrogens with one attached hydrogen (secondary N) is 2. The Morgan fingerprint density at radius 2 is 1.79 bits per heavy atom. The van der Waals surface area contributed by atoms with Crippen LogP contribution in [-0.2, 0) is 34.4 Å². The van der Waals surface area contributed by atoms with Crippen molar-refractivity contribution in [1.82, 2.24) is 5.32 Å². The standard InChI is InChI=1S/C18H26N4O6/c1-10(17(26)28-27-6)20-15(24)16(25)22(19)14-9-12(21-11(2)23)7-8-13(14)18(3,4)5/h7-10H,19H2,1-6H3,(H,20,24)(H,21,23)/t10-/m0/s1. The Kier molecular flexibility index (Phi) is 7.65. The molecule has 4 N–H and O–H groups in total. The summed E-state index contributed by atoms with van der Waals surface area (Å²) in [4.78, 5) is 56.0. The van der Waals surface area contributed by atoms with Crippen molar-refractivity contribution in [2.24, 2.45) is 5.84 Å². The van der Waals surface area contributed by atoms with Gasteiger partial charge in [0, 0.05) is 12.6 Å². The monoisotopic (exact) mass is 394 g/mol. The van der Waals surface area contributed by atoms with E-state index in [9.17, 15) is 19.2 Å². The third kappa shape index (κ3) is 6.03. The molecule has 3 amide bonds. The summed E-state index contributed by atoms with van der Waals surface area (Å²) in [5.41, 5.74) is 0.924. The molecule has 0 fully saturated rings. The number of hydrogen-bond acceptors (Lipinski definition) is 7. The topological polar surface area (TPSA) is 140 Å². The van der Waals surface area contributed by atoms with Crippen molar-refractivity contribution in [3.8, 4) is 0 Å². The highest BCUT2D eigenvalue weighted by atomic mass is 17.2. The van der Waals surface area contributed by atoms with Crippen molar-refractivity contribution in [2.45, 2.75) is 46.1 Å². The highest BCUT2D eigenvalue weighted by Crippen LogP contribution is 2.33. The van der Waals surface area contributed by atoms with E-state index in [2.05, 4.69) is 20.4 Å². The lowest BCUT2D eigenvalue weighted by Gasteiger charge is -2.27. The average Bonchev–Trinajstić information content (AvgIpc) is 2.58. The largest absolute Gasteiger partial charge is 0.364 e. The second-order valence-corrected chi connectivity index (χ2v) is 7.10. The van der Waals surface area contributed by atoms with Crippen LogP contribution >= 0.6 is 0 Å². The second kappa shape index (κ2) is 9.29. The van der Waals surface area contributed by atoms with Gasteiger partial charge in [-0.2, -0.15) is 4.89 Å². The summed E-state index contributed by atoms with van der Waals surface area (Å²) in [6, 6.07) is 3.75. The van der Waals surface area contributed by atoms with E-state index in [1.807, 2.05) is 20.8 Å². The van der Waals surface area contributed by atoms with Crippen LogP contribution in [0.5, 0.6) is 0 Å². The summed E-state index contributed by atoms with van der Waals surface area (Å²) in [5.74, 6) is 2.54. The van der Waals surface area contributed by atoms with Gasteiger partial charge in [-0.1, -0.05) is 26.8 Å². The zero-order valence-corrected chi connectivity index (χ0v) is 16.8. The Bertz CT molecular complexity index is 772. The van der Waals surface area contributed by atoms with E-state index >= 15 is 0 Å². The molecule has 0 radical (unpaired) electrons. The van der Waals surface area contributed by atoms with Gasteiger partial charge < -0.3 is 10.6 Å². The highest BCUT2D eigenvalue weighted by Gasteiger charge is 2.29. The Hall–Kier alpha value is -2.98. The molecule has 0 aliphatic rings. The molecule has 0 spiro atoms. The molecule has 1 aromatic carbocycles. The molecule has 1 rings (SSSR count). The summed E-state index contributed by atoms with van der Waals surface area (Å²) in [6.45, 7) is 8.39. The van der Waals surface area contributed by atoms with Gasteiger partial charge in [-0.3, -0.25) is 19.3 Å². The van der Waals surface area contributed by atoms with Gasteiger partial charge in [0.1, 0.15) is 6.04 Å². The number of hydrazine groups is 1. The second-order valence-electron chi connectivity index (χ2n) is 7.10. The van der Waals surface area contributed by atoms with Crippen LogP contribution in [0.3, 0.4) is 0 Å². The molecule has 0 heterocycles. The predicted molar refractivity (Wildman–Crippen MR) is 102 cm³/mol. The Morgan fingerprint density at radius 3 is 2.29 bits per heavy atom. The van der Waals surface area contributed by atoms with Crippen molar-refractivity contribution >= 4 is 35.1 Å². The number of nitrogens with two attached hydrogens (primary N) is 1. The number of anilines is 2. The van der Waals surface area contributed by atoms with Crippen LogP contribution in [0.2, 0.25) is 0 Å². The highest BCUT2D eigenvalue weighted by molar-refractivity contribution is 6.40. The molecule has 0 aliphatic heterocycles. The molecule has 154 valence electrons. The number of benzene rings is 1. The first kappa shape index (κ1) is 23.1. The van der Waals surface area contributed by atoms with Gasteiger partial charge in [-0.05, 0) is 30.0 Å². The van der Waals surface area contributed by atoms with Crippen LogP contribution in [0.4, 0.5) is 11.4 Å². The fourth-order valence-electron chi connectivity index (χ4n) is 2.34.